The van der Waals surface area contributed by atoms with Gasteiger partial charge in [-0.1, -0.05) is 0 Å². The molecule has 0 aromatic heterocycles. The Bertz CT molecular complexity index is 542. The number of aliphatic imine (C=N–C) groups is 2. The summed E-state index contributed by atoms with van der Waals surface area (Å²) >= 11 is 0. The van der Waals surface area contributed by atoms with Crippen molar-refractivity contribution in [1.82, 2.24) is 0 Å². The van der Waals surface area contributed by atoms with Crippen molar-refractivity contribution in [2.45, 2.75) is 25.4 Å². The molecule has 0 heterocycles. The van der Waals surface area contributed by atoms with E-state index in [9.17, 15) is 8.78 Å². The largest absolute Gasteiger partial charge is 0.484 e. The summed E-state index contributed by atoms with van der Waals surface area (Å²) in [6.45, 7) is 0. The van der Waals surface area contributed by atoms with Crippen LogP contribution in [0.15, 0.2) is 22.1 Å². The highest BCUT2D eigenvalue weighted by Gasteiger charge is 2.23. The van der Waals surface area contributed by atoms with Gasteiger partial charge >= 0.3 is 0 Å². The summed E-state index contributed by atoms with van der Waals surface area (Å²) in [4.78, 5) is 7.14. The number of nitrogens with two attached hydrogens (primary N) is 3. The van der Waals surface area contributed by atoms with E-state index >= 15 is 0 Å². The zero-order valence-electron chi connectivity index (χ0n) is 10.6. The van der Waals surface area contributed by atoms with Crippen LogP contribution < -0.4 is 21.9 Å². The topological polar surface area (TPSA) is 112 Å². The fourth-order valence-corrected chi connectivity index (χ4v) is 1.67. The first-order chi connectivity index (χ1) is 9.45. The molecule has 0 atom stereocenters. The van der Waals surface area contributed by atoms with E-state index in [-0.39, 0.29) is 23.7 Å². The van der Waals surface area contributed by atoms with E-state index in [4.69, 9.17) is 21.9 Å². The van der Waals surface area contributed by atoms with Gasteiger partial charge in [0.15, 0.2) is 23.3 Å². The molecule has 0 saturated heterocycles. The van der Waals surface area contributed by atoms with Gasteiger partial charge < -0.3 is 21.9 Å². The maximum atomic E-state index is 13.8. The molecular weight excluding hydrogens is 268 g/mol. The minimum absolute atomic E-state index is 0.0385. The molecule has 1 aliphatic rings. The fourth-order valence-electron chi connectivity index (χ4n) is 1.67. The molecule has 1 aromatic carbocycles. The van der Waals surface area contributed by atoms with Crippen LogP contribution in [0.4, 0.5) is 14.5 Å². The molecule has 0 amide bonds. The van der Waals surface area contributed by atoms with E-state index in [1.165, 1.54) is 0 Å². The first-order valence-corrected chi connectivity index (χ1v) is 6.05. The maximum absolute atomic E-state index is 13.8. The summed E-state index contributed by atoms with van der Waals surface area (Å²) in [5.74, 6) is -2.66. The first-order valence-electron chi connectivity index (χ1n) is 6.05. The number of benzene rings is 1. The SMILES string of the molecule is NC(N)=NC(N)=Nc1cc(F)c(OC2CCC2)c(F)c1. The standard InChI is InChI=1S/C12H15F2N5O/c13-8-4-6(18-12(17)19-11(15)16)5-9(14)10(8)20-7-2-1-3-7/h4-5,7H,1-3H2,(H6,15,16,17,18,19). The van der Waals surface area contributed by atoms with Gasteiger partial charge in [-0.3, -0.25) is 0 Å². The van der Waals surface area contributed by atoms with E-state index < -0.39 is 17.4 Å². The number of hydrogen-bond acceptors (Lipinski definition) is 2. The molecule has 8 heteroatoms. The van der Waals surface area contributed by atoms with Gasteiger partial charge in [0.25, 0.3) is 0 Å². The van der Waals surface area contributed by atoms with Crippen LogP contribution in [0.1, 0.15) is 19.3 Å². The molecule has 20 heavy (non-hydrogen) atoms. The van der Waals surface area contributed by atoms with E-state index in [0.717, 1.165) is 31.4 Å². The number of rotatable bonds is 3. The summed E-state index contributed by atoms with van der Waals surface area (Å²) in [7, 11) is 0. The lowest BCUT2D eigenvalue weighted by molar-refractivity contribution is 0.109. The number of ether oxygens (including phenoxy) is 1. The average molecular weight is 283 g/mol. The third-order valence-corrected chi connectivity index (χ3v) is 2.81. The Morgan fingerprint density at radius 2 is 1.75 bits per heavy atom. The molecule has 0 bridgehead atoms. The second-order valence-corrected chi connectivity index (χ2v) is 4.42. The second kappa shape index (κ2) is 5.72. The number of halogens is 2. The van der Waals surface area contributed by atoms with Crippen molar-refractivity contribution in [1.29, 1.82) is 0 Å². The quantitative estimate of drug-likeness (QED) is 0.570. The third kappa shape index (κ3) is 3.34. The molecule has 6 nitrogen and oxygen atoms in total. The molecule has 6 N–H and O–H groups in total. The highest BCUT2D eigenvalue weighted by molar-refractivity contribution is 5.93. The Kier molecular flexibility index (Phi) is 4.02. The van der Waals surface area contributed by atoms with E-state index in [1.54, 1.807) is 0 Å². The van der Waals surface area contributed by atoms with Crippen molar-refractivity contribution in [3.63, 3.8) is 0 Å². The Morgan fingerprint density at radius 3 is 2.20 bits per heavy atom. The molecule has 108 valence electrons. The first kappa shape index (κ1) is 14.0. The van der Waals surface area contributed by atoms with Gasteiger partial charge in [0.05, 0.1) is 11.8 Å². The van der Waals surface area contributed by atoms with E-state index in [0.29, 0.717) is 0 Å². The molecule has 1 fully saturated rings. The summed E-state index contributed by atoms with van der Waals surface area (Å²) in [5, 5.41) is 0. The van der Waals surface area contributed by atoms with Crippen molar-refractivity contribution < 1.29 is 13.5 Å². The minimum Gasteiger partial charge on any atom is -0.484 e. The van der Waals surface area contributed by atoms with Gasteiger partial charge in [-0.25, -0.2) is 13.8 Å². The summed E-state index contributed by atoms with van der Waals surface area (Å²) in [6.07, 6.45) is 2.48. The normalized spacial score (nSPS) is 15.6. The van der Waals surface area contributed by atoms with Gasteiger partial charge in [0.2, 0.25) is 5.96 Å². The van der Waals surface area contributed by atoms with Gasteiger partial charge in [-0.15, -0.1) is 0 Å². The second-order valence-electron chi connectivity index (χ2n) is 4.42. The Hall–Kier alpha value is -2.38. The molecule has 1 aromatic rings. The van der Waals surface area contributed by atoms with Crippen LogP contribution in [0.2, 0.25) is 0 Å². The van der Waals surface area contributed by atoms with Crippen molar-refractivity contribution >= 4 is 17.6 Å². The van der Waals surface area contributed by atoms with Crippen molar-refractivity contribution in [2.75, 3.05) is 0 Å². The molecule has 2 rings (SSSR count). The molecule has 0 spiro atoms. The van der Waals surface area contributed by atoms with Crippen LogP contribution in [0.3, 0.4) is 0 Å². The number of nitrogens with zero attached hydrogens (tertiary/aromatic N) is 2. The van der Waals surface area contributed by atoms with Crippen LogP contribution in [0.5, 0.6) is 5.75 Å². The maximum Gasteiger partial charge on any atom is 0.223 e. The van der Waals surface area contributed by atoms with Gasteiger partial charge in [-0.2, -0.15) is 4.99 Å². The van der Waals surface area contributed by atoms with Crippen molar-refractivity contribution in [2.24, 2.45) is 27.2 Å². The van der Waals surface area contributed by atoms with Crippen molar-refractivity contribution in [3.8, 4) is 5.75 Å². The Balaban J connectivity index is 2.23. The third-order valence-electron chi connectivity index (χ3n) is 2.81. The molecule has 1 saturated carbocycles. The van der Waals surface area contributed by atoms with Gasteiger partial charge in [0.1, 0.15) is 0 Å². The number of guanidine groups is 2. The van der Waals surface area contributed by atoms with Crippen LogP contribution in [0, 0.1) is 11.6 Å². The minimum atomic E-state index is -0.840. The zero-order chi connectivity index (χ0) is 14.7. The highest BCUT2D eigenvalue weighted by Crippen LogP contribution is 2.31. The van der Waals surface area contributed by atoms with E-state index in [1.807, 2.05) is 0 Å². The van der Waals surface area contributed by atoms with Crippen LogP contribution in [0.25, 0.3) is 0 Å². The summed E-state index contributed by atoms with van der Waals surface area (Å²) in [6, 6.07) is 2.01. The number of hydrogen-bond donors (Lipinski definition) is 3. The Morgan fingerprint density at radius 1 is 1.15 bits per heavy atom. The average Bonchev–Trinajstić information content (AvgIpc) is 2.23. The summed E-state index contributed by atoms with van der Waals surface area (Å²) in [5.41, 5.74) is 15.6. The predicted octanol–water partition coefficient (Wildman–Crippen LogP) is 1.12. The summed E-state index contributed by atoms with van der Waals surface area (Å²) < 4.78 is 32.8. The zero-order valence-corrected chi connectivity index (χ0v) is 10.6. The fraction of sp³-hybridized carbons (Fsp3) is 0.333. The molecule has 0 aliphatic heterocycles. The molecular formula is C12H15F2N5O. The monoisotopic (exact) mass is 283 g/mol. The molecule has 0 radical (unpaired) electrons. The lowest BCUT2D eigenvalue weighted by Crippen LogP contribution is -2.26. The Labute approximate surface area is 114 Å². The molecule has 0 unspecified atom stereocenters. The lowest BCUT2D eigenvalue weighted by Gasteiger charge is -2.26. The lowest BCUT2D eigenvalue weighted by atomic mass is 9.96. The van der Waals surface area contributed by atoms with Gasteiger partial charge in [0, 0.05) is 12.1 Å². The van der Waals surface area contributed by atoms with Crippen LogP contribution in [-0.4, -0.2) is 18.0 Å². The molecule has 1 aliphatic carbocycles. The smallest absolute Gasteiger partial charge is 0.223 e. The van der Waals surface area contributed by atoms with Crippen molar-refractivity contribution in [3.05, 3.63) is 23.8 Å². The highest BCUT2D eigenvalue weighted by atomic mass is 19.1. The van der Waals surface area contributed by atoms with E-state index in [2.05, 4.69) is 9.98 Å². The predicted molar refractivity (Wildman–Crippen MR) is 71.7 cm³/mol. The van der Waals surface area contributed by atoms with Crippen LogP contribution in [-0.2, 0) is 0 Å². The van der Waals surface area contributed by atoms with Gasteiger partial charge in [-0.05, 0) is 19.3 Å². The van der Waals surface area contributed by atoms with Crippen LogP contribution >= 0.6 is 0 Å².